The van der Waals surface area contributed by atoms with E-state index < -0.39 is 5.54 Å². The van der Waals surface area contributed by atoms with E-state index in [0.717, 1.165) is 11.1 Å². The molecule has 0 aromatic heterocycles. The van der Waals surface area contributed by atoms with Crippen LogP contribution in [-0.4, -0.2) is 0 Å². The highest BCUT2D eigenvalue weighted by atomic mass is 79.9. The maximum atomic E-state index is 13.3. The summed E-state index contributed by atoms with van der Waals surface area (Å²) in [6.07, 6.45) is 0.663. The van der Waals surface area contributed by atoms with Gasteiger partial charge >= 0.3 is 0 Å². The predicted octanol–water partition coefficient (Wildman–Crippen LogP) is 4.62. The molecule has 2 aromatic rings. The van der Waals surface area contributed by atoms with Crippen LogP contribution < -0.4 is 5.73 Å². The number of hydrogen-bond acceptors (Lipinski definition) is 1. The van der Waals surface area contributed by atoms with Gasteiger partial charge in [-0.15, -0.1) is 0 Å². The first kappa shape index (κ1) is 15.2. The van der Waals surface area contributed by atoms with Crippen molar-refractivity contribution in [3.63, 3.8) is 0 Å². The minimum atomic E-state index is -0.479. The van der Waals surface area contributed by atoms with Crippen molar-refractivity contribution in [2.45, 2.75) is 32.7 Å². The van der Waals surface area contributed by atoms with Gasteiger partial charge in [-0.05, 0) is 71.9 Å². The highest BCUT2D eigenvalue weighted by Gasteiger charge is 2.24. The molecule has 1 unspecified atom stereocenters. The lowest BCUT2D eigenvalue weighted by Gasteiger charge is -2.28. The number of benzene rings is 2. The summed E-state index contributed by atoms with van der Waals surface area (Å²) in [4.78, 5) is 0. The summed E-state index contributed by atoms with van der Waals surface area (Å²) in [6.45, 7) is 6.15. The average Bonchev–Trinajstić information content (AvgIpc) is 2.36. The predicted molar refractivity (Wildman–Crippen MR) is 85.3 cm³/mol. The fraction of sp³-hybridized carbons (Fsp3) is 0.294. The molecule has 2 aromatic carbocycles. The number of aryl methyl sites for hydroxylation is 2. The summed E-state index contributed by atoms with van der Waals surface area (Å²) in [7, 11) is 0. The van der Waals surface area contributed by atoms with Gasteiger partial charge in [-0.2, -0.15) is 0 Å². The Morgan fingerprint density at radius 3 is 2.50 bits per heavy atom. The van der Waals surface area contributed by atoms with E-state index in [0.29, 0.717) is 10.9 Å². The summed E-state index contributed by atoms with van der Waals surface area (Å²) in [5.41, 5.74) is 10.6. The van der Waals surface area contributed by atoms with Gasteiger partial charge in [0, 0.05) is 5.54 Å². The molecule has 0 aliphatic rings. The molecule has 0 amide bonds. The van der Waals surface area contributed by atoms with Crippen LogP contribution in [0, 0.1) is 19.7 Å². The summed E-state index contributed by atoms with van der Waals surface area (Å²) in [5.74, 6) is -0.251. The molecule has 0 aliphatic carbocycles. The molecular formula is C17H19BrFN. The molecular weight excluding hydrogens is 317 g/mol. The fourth-order valence-electron chi connectivity index (χ4n) is 2.52. The van der Waals surface area contributed by atoms with Crippen LogP contribution in [0.25, 0.3) is 0 Å². The smallest absolute Gasteiger partial charge is 0.137 e. The van der Waals surface area contributed by atoms with E-state index in [1.807, 2.05) is 6.92 Å². The Kier molecular flexibility index (Phi) is 4.31. The quantitative estimate of drug-likeness (QED) is 0.869. The van der Waals surface area contributed by atoms with Crippen LogP contribution in [0.1, 0.15) is 29.2 Å². The van der Waals surface area contributed by atoms with E-state index >= 15 is 0 Å². The molecule has 0 aliphatic heterocycles. The van der Waals surface area contributed by atoms with E-state index in [1.54, 1.807) is 12.1 Å². The van der Waals surface area contributed by atoms with Gasteiger partial charge < -0.3 is 5.73 Å². The van der Waals surface area contributed by atoms with Crippen molar-refractivity contribution < 1.29 is 4.39 Å². The molecule has 0 bridgehead atoms. The normalized spacial score (nSPS) is 14.1. The zero-order valence-corrected chi connectivity index (χ0v) is 13.6. The summed E-state index contributed by atoms with van der Waals surface area (Å²) in [5, 5.41) is 0. The van der Waals surface area contributed by atoms with Crippen molar-refractivity contribution in [3.8, 4) is 0 Å². The lowest BCUT2D eigenvalue weighted by molar-refractivity contribution is 0.487. The minimum Gasteiger partial charge on any atom is -0.321 e. The molecule has 1 nitrogen and oxygen atoms in total. The first-order valence-electron chi connectivity index (χ1n) is 6.60. The van der Waals surface area contributed by atoms with Crippen LogP contribution in [0.4, 0.5) is 4.39 Å². The molecule has 0 radical (unpaired) electrons. The molecule has 20 heavy (non-hydrogen) atoms. The van der Waals surface area contributed by atoms with Crippen LogP contribution >= 0.6 is 15.9 Å². The maximum absolute atomic E-state index is 13.3. The Hall–Kier alpha value is -1.19. The van der Waals surface area contributed by atoms with Crippen LogP contribution in [0.5, 0.6) is 0 Å². The van der Waals surface area contributed by atoms with E-state index in [9.17, 15) is 4.39 Å². The van der Waals surface area contributed by atoms with Gasteiger partial charge in [-0.3, -0.25) is 0 Å². The van der Waals surface area contributed by atoms with E-state index in [2.05, 4.69) is 48.0 Å². The Morgan fingerprint density at radius 2 is 1.85 bits per heavy atom. The Morgan fingerprint density at radius 1 is 1.15 bits per heavy atom. The highest BCUT2D eigenvalue weighted by Crippen LogP contribution is 2.28. The lowest BCUT2D eigenvalue weighted by Crippen LogP contribution is -2.36. The summed E-state index contributed by atoms with van der Waals surface area (Å²) < 4.78 is 13.8. The summed E-state index contributed by atoms with van der Waals surface area (Å²) >= 11 is 3.22. The van der Waals surface area contributed by atoms with Gasteiger partial charge in [0.05, 0.1) is 4.47 Å². The molecule has 3 heteroatoms. The van der Waals surface area contributed by atoms with Crippen molar-refractivity contribution in [2.24, 2.45) is 5.73 Å². The second-order valence-corrected chi connectivity index (χ2v) is 6.52. The third kappa shape index (κ3) is 3.28. The first-order valence-corrected chi connectivity index (χ1v) is 7.39. The van der Waals surface area contributed by atoms with E-state index in [-0.39, 0.29) is 5.82 Å². The molecule has 0 saturated carbocycles. The van der Waals surface area contributed by atoms with Crippen molar-refractivity contribution in [2.75, 3.05) is 0 Å². The zero-order chi connectivity index (χ0) is 14.9. The van der Waals surface area contributed by atoms with Gasteiger partial charge in [0.2, 0.25) is 0 Å². The van der Waals surface area contributed by atoms with E-state index in [1.165, 1.54) is 17.2 Å². The van der Waals surface area contributed by atoms with Crippen molar-refractivity contribution in [1.29, 1.82) is 0 Å². The van der Waals surface area contributed by atoms with Crippen molar-refractivity contribution >= 4 is 15.9 Å². The Bertz CT molecular complexity index is 635. The minimum absolute atomic E-state index is 0.251. The van der Waals surface area contributed by atoms with Gasteiger partial charge in [-0.1, -0.05) is 29.8 Å². The topological polar surface area (TPSA) is 26.0 Å². The maximum Gasteiger partial charge on any atom is 0.137 e. The van der Waals surface area contributed by atoms with Gasteiger partial charge in [0.25, 0.3) is 0 Å². The highest BCUT2D eigenvalue weighted by molar-refractivity contribution is 9.10. The molecule has 0 saturated heterocycles. The van der Waals surface area contributed by atoms with Crippen LogP contribution in [0.15, 0.2) is 40.9 Å². The fourth-order valence-corrected chi connectivity index (χ4v) is 2.95. The average molecular weight is 336 g/mol. The second kappa shape index (κ2) is 5.66. The van der Waals surface area contributed by atoms with Crippen molar-refractivity contribution in [3.05, 3.63) is 68.9 Å². The van der Waals surface area contributed by atoms with Gasteiger partial charge in [-0.25, -0.2) is 4.39 Å². The van der Waals surface area contributed by atoms with Crippen LogP contribution in [0.3, 0.4) is 0 Å². The lowest BCUT2D eigenvalue weighted by atomic mass is 9.83. The molecule has 1 atom stereocenters. The second-order valence-electron chi connectivity index (χ2n) is 5.66. The van der Waals surface area contributed by atoms with Crippen LogP contribution in [-0.2, 0) is 12.0 Å². The number of halogens is 2. The number of nitrogens with two attached hydrogens (primary N) is 1. The third-order valence-electron chi connectivity index (χ3n) is 3.56. The molecule has 0 spiro atoms. The van der Waals surface area contributed by atoms with E-state index in [4.69, 9.17) is 5.73 Å². The molecule has 2 N–H and O–H groups in total. The molecule has 106 valence electrons. The molecule has 0 fully saturated rings. The molecule has 0 heterocycles. The number of hydrogen-bond donors (Lipinski definition) is 1. The third-order valence-corrected chi connectivity index (χ3v) is 4.17. The Balaban J connectivity index is 2.34. The standard InChI is InChI=1S/C17H19BrFN/c1-11-4-5-12(2)14(8-11)17(3,20)10-13-6-7-16(19)15(18)9-13/h4-9H,10,20H2,1-3H3. The van der Waals surface area contributed by atoms with Gasteiger partial charge in [0.1, 0.15) is 5.82 Å². The first-order chi connectivity index (χ1) is 9.29. The number of rotatable bonds is 3. The monoisotopic (exact) mass is 335 g/mol. The van der Waals surface area contributed by atoms with Crippen molar-refractivity contribution in [1.82, 2.24) is 0 Å². The van der Waals surface area contributed by atoms with Crippen LogP contribution in [0.2, 0.25) is 0 Å². The SMILES string of the molecule is Cc1ccc(C)c(C(C)(N)Cc2ccc(F)c(Br)c2)c1. The summed E-state index contributed by atoms with van der Waals surface area (Å²) in [6, 6.07) is 11.4. The Labute approximate surface area is 128 Å². The van der Waals surface area contributed by atoms with Gasteiger partial charge in [0.15, 0.2) is 0 Å². The zero-order valence-electron chi connectivity index (χ0n) is 12.0. The largest absolute Gasteiger partial charge is 0.321 e. The molecule has 2 rings (SSSR count).